The molecule has 150 valence electrons. The molecule has 2 aromatic carbocycles. The summed E-state index contributed by atoms with van der Waals surface area (Å²) in [5.41, 5.74) is 1.33. The molecular weight excluding hydrogens is 370 g/mol. The summed E-state index contributed by atoms with van der Waals surface area (Å²) in [7, 11) is 3.23. The molecule has 1 aliphatic rings. The molecule has 1 atom stereocenters. The molecular formula is C22H23N3O4. The minimum absolute atomic E-state index is 0.0422. The Kier molecular flexibility index (Phi) is 5.20. The van der Waals surface area contributed by atoms with Crippen LogP contribution in [0.1, 0.15) is 24.4 Å². The van der Waals surface area contributed by atoms with Crippen LogP contribution in [0.5, 0.6) is 11.5 Å². The number of amides is 1. The van der Waals surface area contributed by atoms with Gasteiger partial charge < -0.3 is 14.4 Å². The van der Waals surface area contributed by atoms with E-state index in [0.717, 1.165) is 29.9 Å². The Labute approximate surface area is 168 Å². The standard InChI is InChI=1S/C22H23N3O4/c1-28-15-9-10-20(29-2)17(12-15)19-8-5-11-25(19)21(26)13-24-14-23-18-7-4-3-6-16(18)22(24)27/h3-4,6-7,9-10,12,14,19H,5,8,11,13H2,1-2H3. The first-order valence-corrected chi connectivity index (χ1v) is 9.58. The van der Waals surface area contributed by atoms with Crippen molar-refractivity contribution in [3.8, 4) is 11.5 Å². The third-order valence-corrected chi connectivity index (χ3v) is 5.41. The average molecular weight is 393 g/mol. The molecule has 1 saturated heterocycles. The van der Waals surface area contributed by atoms with Gasteiger partial charge in [-0.25, -0.2) is 4.98 Å². The topological polar surface area (TPSA) is 73.7 Å². The van der Waals surface area contributed by atoms with Gasteiger partial charge in [-0.2, -0.15) is 0 Å². The highest BCUT2D eigenvalue weighted by Crippen LogP contribution is 2.39. The van der Waals surface area contributed by atoms with E-state index in [0.29, 0.717) is 17.4 Å². The monoisotopic (exact) mass is 393 g/mol. The second-order valence-electron chi connectivity index (χ2n) is 7.05. The predicted molar refractivity (Wildman–Crippen MR) is 109 cm³/mol. The minimum Gasteiger partial charge on any atom is -0.497 e. The van der Waals surface area contributed by atoms with Gasteiger partial charge in [-0.1, -0.05) is 12.1 Å². The molecule has 1 unspecified atom stereocenters. The third kappa shape index (κ3) is 3.55. The average Bonchev–Trinajstić information content (AvgIpc) is 3.25. The van der Waals surface area contributed by atoms with Crippen LogP contribution in [0.4, 0.5) is 0 Å². The van der Waals surface area contributed by atoms with Crippen LogP contribution in [-0.4, -0.2) is 41.1 Å². The minimum atomic E-state index is -0.210. The molecule has 7 nitrogen and oxygen atoms in total. The lowest BCUT2D eigenvalue weighted by atomic mass is 10.0. The normalized spacial score (nSPS) is 16.2. The Hall–Kier alpha value is -3.35. The van der Waals surface area contributed by atoms with Gasteiger partial charge in [-0.05, 0) is 43.2 Å². The molecule has 29 heavy (non-hydrogen) atoms. The van der Waals surface area contributed by atoms with Crippen molar-refractivity contribution >= 4 is 16.8 Å². The third-order valence-electron chi connectivity index (χ3n) is 5.41. The summed E-state index contributed by atoms with van der Waals surface area (Å²) in [6.45, 7) is 0.596. The summed E-state index contributed by atoms with van der Waals surface area (Å²) >= 11 is 0. The van der Waals surface area contributed by atoms with Crippen LogP contribution in [0.2, 0.25) is 0 Å². The van der Waals surface area contributed by atoms with Crippen LogP contribution in [0.3, 0.4) is 0 Å². The summed E-state index contributed by atoms with van der Waals surface area (Å²) in [4.78, 5) is 32.0. The molecule has 1 amide bonds. The number of rotatable bonds is 5. The Morgan fingerprint density at radius 1 is 1.17 bits per heavy atom. The lowest BCUT2D eigenvalue weighted by Gasteiger charge is -2.27. The number of methoxy groups -OCH3 is 2. The number of likely N-dealkylation sites (tertiary alicyclic amines) is 1. The highest BCUT2D eigenvalue weighted by atomic mass is 16.5. The summed E-state index contributed by atoms with van der Waals surface area (Å²) in [6, 6.07) is 12.6. The number of benzene rings is 2. The predicted octanol–water partition coefficient (Wildman–Crippen LogP) is 2.78. The quantitative estimate of drug-likeness (QED) is 0.666. The maximum absolute atomic E-state index is 13.1. The van der Waals surface area contributed by atoms with Gasteiger partial charge >= 0.3 is 0 Å². The Bertz CT molecular complexity index is 1110. The van der Waals surface area contributed by atoms with E-state index in [4.69, 9.17) is 9.47 Å². The van der Waals surface area contributed by atoms with E-state index in [1.165, 1.54) is 10.9 Å². The number of carbonyl (C=O) groups excluding carboxylic acids is 1. The van der Waals surface area contributed by atoms with E-state index in [1.54, 1.807) is 32.4 Å². The number of fused-ring (bicyclic) bond motifs is 1. The Balaban J connectivity index is 1.62. The van der Waals surface area contributed by atoms with Crippen molar-refractivity contribution in [1.82, 2.24) is 14.5 Å². The van der Waals surface area contributed by atoms with Crippen molar-refractivity contribution < 1.29 is 14.3 Å². The first-order chi connectivity index (χ1) is 14.1. The maximum atomic E-state index is 13.1. The highest BCUT2D eigenvalue weighted by Gasteiger charge is 2.32. The van der Waals surface area contributed by atoms with Gasteiger partial charge in [0.25, 0.3) is 5.56 Å². The Morgan fingerprint density at radius 2 is 2.00 bits per heavy atom. The van der Waals surface area contributed by atoms with Crippen molar-refractivity contribution in [1.29, 1.82) is 0 Å². The van der Waals surface area contributed by atoms with E-state index < -0.39 is 0 Å². The lowest BCUT2D eigenvalue weighted by Crippen LogP contribution is -2.36. The fourth-order valence-electron chi connectivity index (χ4n) is 3.94. The summed E-state index contributed by atoms with van der Waals surface area (Å²) in [5, 5.41) is 0.509. The van der Waals surface area contributed by atoms with Gasteiger partial charge in [-0.3, -0.25) is 14.2 Å². The van der Waals surface area contributed by atoms with Gasteiger partial charge in [0.2, 0.25) is 5.91 Å². The molecule has 3 aromatic rings. The Morgan fingerprint density at radius 3 is 2.79 bits per heavy atom. The molecule has 0 aliphatic carbocycles. The van der Waals surface area contributed by atoms with Crippen molar-refractivity contribution in [2.24, 2.45) is 0 Å². The van der Waals surface area contributed by atoms with E-state index in [1.807, 2.05) is 29.2 Å². The second kappa shape index (κ2) is 7.95. The van der Waals surface area contributed by atoms with E-state index >= 15 is 0 Å². The first kappa shape index (κ1) is 19.0. The molecule has 4 rings (SSSR count). The second-order valence-corrected chi connectivity index (χ2v) is 7.05. The zero-order valence-electron chi connectivity index (χ0n) is 16.5. The molecule has 1 fully saturated rings. The number of nitrogens with zero attached hydrogens (tertiary/aromatic N) is 3. The number of ether oxygens (including phenoxy) is 2. The van der Waals surface area contributed by atoms with Crippen molar-refractivity contribution in [2.75, 3.05) is 20.8 Å². The van der Waals surface area contributed by atoms with Crippen LogP contribution < -0.4 is 15.0 Å². The zero-order chi connectivity index (χ0) is 20.4. The van der Waals surface area contributed by atoms with E-state index in [9.17, 15) is 9.59 Å². The summed E-state index contributed by atoms with van der Waals surface area (Å²) < 4.78 is 12.2. The van der Waals surface area contributed by atoms with Crippen LogP contribution in [0.25, 0.3) is 10.9 Å². The molecule has 0 bridgehead atoms. The van der Waals surface area contributed by atoms with E-state index in [2.05, 4.69) is 4.98 Å². The smallest absolute Gasteiger partial charge is 0.261 e. The number of carbonyl (C=O) groups is 1. The lowest BCUT2D eigenvalue weighted by molar-refractivity contribution is -0.132. The van der Waals surface area contributed by atoms with Gasteiger partial charge in [0, 0.05) is 12.1 Å². The van der Waals surface area contributed by atoms with Crippen LogP contribution in [0, 0.1) is 0 Å². The largest absolute Gasteiger partial charge is 0.497 e. The SMILES string of the molecule is COc1ccc(OC)c(C2CCCN2C(=O)Cn2cnc3ccccc3c2=O)c1. The van der Waals surface area contributed by atoms with Crippen LogP contribution in [0.15, 0.2) is 53.6 Å². The van der Waals surface area contributed by atoms with Gasteiger partial charge in [0.15, 0.2) is 0 Å². The molecule has 0 saturated carbocycles. The number of aromatic nitrogens is 2. The molecule has 7 heteroatoms. The molecule has 1 aromatic heterocycles. The van der Waals surface area contributed by atoms with Crippen LogP contribution in [-0.2, 0) is 11.3 Å². The van der Waals surface area contributed by atoms with Gasteiger partial charge in [0.1, 0.15) is 18.0 Å². The molecule has 0 N–H and O–H groups in total. The highest BCUT2D eigenvalue weighted by molar-refractivity contribution is 5.79. The molecule has 2 heterocycles. The van der Waals surface area contributed by atoms with Crippen molar-refractivity contribution in [2.45, 2.75) is 25.4 Å². The fourth-order valence-corrected chi connectivity index (χ4v) is 3.94. The first-order valence-electron chi connectivity index (χ1n) is 9.58. The number of para-hydroxylation sites is 1. The van der Waals surface area contributed by atoms with Gasteiger partial charge in [0.05, 0.1) is 37.5 Å². The van der Waals surface area contributed by atoms with Crippen molar-refractivity contribution in [3.05, 3.63) is 64.7 Å². The van der Waals surface area contributed by atoms with E-state index in [-0.39, 0.29) is 24.1 Å². The fraction of sp³-hybridized carbons (Fsp3) is 0.318. The van der Waals surface area contributed by atoms with Crippen LogP contribution >= 0.6 is 0 Å². The van der Waals surface area contributed by atoms with Crippen molar-refractivity contribution in [3.63, 3.8) is 0 Å². The summed E-state index contributed by atoms with van der Waals surface area (Å²) in [6.07, 6.45) is 3.17. The molecule has 0 spiro atoms. The molecule has 1 aliphatic heterocycles. The number of hydrogen-bond acceptors (Lipinski definition) is 5. The zero-order valence-corrected chi connectivity index (χ0v) is 16.5. The van der Waals surface area contributed by atoms with Gasteiger partial charge in [-0.15, -0.1) is 0 Å². The summed E-state index contributed by atoms with van der Waals surface area (Å²) in [5.74, 6) is 1.33. The molecule has 0 radical (unpaired) electrons. The number of hydrogen-bond donors (Lipinski definition) is 0. The maximum Gasteiger partial charge on any atom is 0.261 e.